The van der Waals surface area contributed by atoms with E-state index in [0.29, 0.717) is 36.4 Å². The molecule has 0 aromatic rings. The molecular weight excluding hydrogens is 300 g/mol. The molecule has 0 aromatic heterocycles. The summed E-state index contributed by atoms with van der Waals surface area (Å²) in [5, 5.41) is 20.6. The second kappa shape index (κ2) is 5.28. The smallest absolute Gasteiger partial charge is 0.159 e. The number of Topliss-reactive ketones (excluding diaryl/α,β-unsaturated/α-hetero) is 1. The second-order valence-electron chi connectivity index (χ2n) is 9.03. The van der Waals surface area contributed by atoms with E-state index < -0.39 is 12.2 Å². The minimum absolute atomic E-state index is 0.00930. The molecule has 4 rings (SSSR count). The molecule has 0 spiro atoms. The van der Waals surface area contributed by atoms with Crippen LogP contribution >= 0.6 is 0 Å². The summed E-state index contributed by atoms with van der Waals surface area (Å²) in [5.41, 5.74) is 2.17. The van der Waals surface area contributed by atoms with E-state index in [4.69, 9.17) is 0 Å². The number of hydrogen-bond acceptors (Lipinski definition) is 3. The van der Waals surface area contributed by atoms with Gasteiger partial charge in [-0.2, -0.15) is 0 Å². The van der Waals surface area contributed by atoms with Crippen molar-refractivity contribution >= 4 is 5.78 Å². The zero-order valence-corrected chi connectivity index (χ0v) is 15.1. The van der Waals surface area contributed by atoms with Crippen molar-refractivity contribution in [2.45, 2.75) is 71.5 Å². The van der Waals surface area contributed by atoms with Gasteiger partial charge >= 0.3 is 0 Å². The molecule has 3 fully saturated rings. The van der Waals surface area contributed by atoms with Gasteiger partial charge in [0.05, 0.1) is 6.10 Å². The van der Waals surface area contributed by atoms with Gasteiger partial charge in [0, 0.05) is 6.42 Å². The van der Waals surface area contributed by atoms with E-state index in [-0.39, 0.29) is 10.8 Å². The monoisotopic (exact) mass is 330 g/mol. The Morgan fingerprint density at radius 1 is 1.12 bits per heavy atom. The summed E-state index contributed by atoms with van der Waals surface area (Å²) >= 11 is 0. The lowest BCUT2D eigenvalue weighted by molar-refractivity contribution is -0.115. The molecule has 132 valence electrons. The van der Waals surface area contributed by atoms with Crippen molar-refractivity contribution in [3.05, 3.63) is 23.3 Å². The van der Waals surface area contributed by atoms with Gasteiger partial charge in [0.25, 0.3) is 0 Å². The van der Waals surface area contributed by atoms with Crippen molar-refractivity contribution in [2.24, 2.45) is 28.6 Å². The number of allylic oxidation sites excluding steroid dienone is 3. The Bertz CT molecular complexity index is 633. The highest BCUT2D eigenvalue weighted by atomic mass is 16.3. The highest BCUT2D eigenvalue weighted by molar-refractivity contribution is 5.99. The maximum atomic E-state index is 12.6. The van der Waals surface area contributed by atoms with E-state index in [0.717, 1.165) is 36.8 Å². The first-order valence-corrected chi connectivity index (χ1v) is 9.59. The van der Waals surface area contributed by atoms with Crippen LogP contribution in [0.4, 0.5) is 0 Å². The summed E-state index contributed by atoms with van der Waals surface area (Å²) in [6, 6.07) is 0. The van der Waals surface area contributed by atoms with Crippen molar-refractivity contribution in [3.63, 3.8) is 0 Å². The van der Waals surface area contributed by atoms with Crippen LogP contribution in [0.1, 0.15) is 59.3 Å². The van der Waals surface area contributed by atoms with Crippen LogP contribution in [-0.4, -0.2) is 28.2 Å². The van der Waals surface area contributed by atoms with E-state index >= 15 is 0 Å². The number of hydrogen-bond donors (Lipinski definition) is 2. The molecule has 3 heteroatoms. The zero-order valence-electron chi connectivity index (χ0n) is 15.1. The van der Waals surface area contributed by atoms with Crippen LogP contribution in [0.5, 0.6) is 0 Å². The molecule has 0 radical (unpaired) electrons. The van der Waals surface area contributed by atoms with Crippen molar-refractivity contribution in [2.75, 3.05) is 0 Å². The third kappa shape index (κ3) is 1.94. The minimum Gasteiger partial charge on any atom is -0.390 e. The van der Waals surface area contributed by atoms with Gasteiger partial charge in [-0.05, 0) is 78.8 Å². The Kier molecular flexibility index (Phi) is 3.64. The van der Waals surface area contributed by atoms with Gasteiger partial charge in [-0.15, -0.1) is 0 Å². The van der Waals surface area contributed by atoms with Crippen LogP contribution in [-0.2, 0) is 4.79 Å². The van der Waals surface area contributed by atoms with Gasteiger partial charge in [-0.1, -0.05) is 26.0 Å². The largest absolute Gasteiger partial charge is 0.390 e. The van der Waals surface area contributed by atoms with Crippen LogP contribution < -0.4 is 0 Å². The molecule has 3 nitrogen and oxygen atoms in total. The minimum atomic E-state index is -0.700. The van der Waals surface area contributed by atoms with Gasteiger partial charge < -0.3 is 10.2 Å². The summed E-state index contributed by atoms with van der Waals surface area (Å²) in [4.78, 5) is 12.6. The molecule has 3 saturated carbocycles. The molecular formula is C21H30O3. The predicted molar refractivity (Wildman–Crippen MR) is 93.2 cm³/mol. The van der Waals surface area contributed by atoms with Gasteiger partial charge in [0.1, 0.15) is 6.10 Å². The zero-order chi connectivity index (χ0) is 17.3. The molecule has 0 saturated heterocycles. The van der Waals surface area contributed by atoms with Gasteiger partial charge in [-0.25, -0.2) is 0 Å². The number of aliphatic hydroxyl groups is 2. The summed E-state index contributed by atoms with van der Waals surface area (Å²) in [5.74, 6) is 1.85. The molecule has 4 aliphatic rings. The number of carbonyl (C=O) groups is 1. The fourth-order valence-electron chi connectivity index (χ4n) is 6.87. The van der Waals surface area contributed by atoms with Crippen LogP contribution in [0.15, 0.2) is 23.3 Å². The third-order valence-electron chi connectivity index (χ3n) is 8.17. The van der Waals surface area contributed by atoms with Gasteiger partial charge in [0.2, 0.25) is 0 Å². The molecule has 3 unspecified atom stereocenters. The van der Waals surface area contributed by atoms with Crippen molar-refractivity contribution < 1.29 is 15.0 Å². The van der Waals surface area contributed by atoms with E-state index in [1.165, 1.54) is 0 Å². The standard InChI is InChI=1S/C21H30O3/c1-4-13-18(23)11-16-12-5-6-15-19(24)17(22)8-10-21(15,3)14(12)7-9-20(13,16)2/h4,6,12,14,16-17,19,22,24H,5,7-11H2,1-3H3/b13-4+/t12?,14?,16?,17-,19+,20+,21+/m0/s1. The fraction of sp³-hybridized carbons (Fsp3) is 0.762. The topological polar surface area (TPSA) is 57.5 Å². The number of ketones is 1. The quantitative estimate of drug-likeness (QED) is 0.529. The maximum Gasteiger partial charge on any atom is 0.159 e. The second-order valence-corrected chi connectivity index (χ2v) is 9.03. The Hall–Kier alpha value is -0.930. The average Bonchev–Trinajstić information content (AvgIpc) is 2.81. The van der Waals surface area contributed by atoms with E-state index in [2.05, 4.69) is 26.0 Å². The highest BCUT2D eigenvalue weighted by Crippen LogP contribution is 2.65. The van der Waals surface area contributed by atoms with E-state index in [9.17, 15) is 15.0 Å². The molecule has 4 aliphatic carbocycles. The summed E-state index contributed by atoms with van der Waals surface area (Å²) in [7, 11) is 0. The van der Waals surface area contributed by atoms with Crippen molar-refractivity contribution in [3.8, 4) is 0 Å². The van der Waals surface area contributed by atoms with Gasteiger partial charge in [0.15, 0.2) is 5.78 Å². The number of fused-ring (bicyclic) bond motifs is 5. The molecule has 0 amide bonds. The highest BCUT2D eigenvalue weighted by Gasteiger charge is 2.60. The normalized spacial score (nSPS) is 52.5. The van der Waals surface area contributed by atoms with Crippen LogP contribution in [0.25, 0.3) is 0 Å². The Morgan fingerprint density at radius 2 is 1.83 bits per heavy atom. The molecule has 0 bridgehead atoms. The Labute approximate surface area is 144 Å². The Balaban J connectivity index is 1.73. The molecule has 24 heavy (non-hydrogen) atoms. The third-order valence-corrected chi connectivity index (χ3v) is 8.17. The van der Waals surface area contributed by atoms with Crippen LogP contribution in [0, 0.1) is 28.6 Å². The summed E-state index contributed by atoms with van der Waals surface area (Å²) in [6.07, 6.45) is 8.42. The number of rotatable bonds is 0. The number of carbonyl (C=O) groups excluding carboxylic acids is 1. The number of aliphatic hydroxyl groups excluding tert-OH is 2. The average molecular weight is 330 g/mol. The summed E-state index contributed by atoms with van der Waals surface area (Å²) < 4.78 is 0. The lowest BCUT2D eigenvalue weighted by Gasteiger charge is -2.57. The first kappa shape index (κ1) is 16.5. The van der Waals surface area contributed by atoms with E-state index in [1.54, 1.807) is 0 Å². The molecule has 7 atom stereocenters. The lowest BCUT2D eigenvalue weighted by atomic mass is 9.47. The molecule has 0 aromatic carbocycles. The fourth-order valence-corrected chi connectivity index (χ4v) is 6.87. The van der Waals surface area contributed by atoms with Crippen LogP contribution in [0.3, 0.4) is 0 Å². The van der Waals surface area contributed by atoms with Gasteiger partial charge in [-0.3, -0.25) is 4.79 Å². The van der Waals surface area contributed by atoms with Crippen LogP contribution in [0.2, 0.25) is 0 Å². The van der Waals surface area contributed by atoms with E-state index in [1.807, 2.05) is 6.92 Å². The van der Waals surface area contributed by atoms with Crippen molar-refractivity contribution in [1.82, 2.24) is 0 Å². The lowest BCUT2D eigenvalue weighted by Crippen LogP contribution is -2.53. The molecule has 0 heterocycles. The predicted octanol–water partition coefficient (Wildman–Crippen LogP) is 3.41. The maximum absolute atomic E-state index is 12.6. The first-order chi connectivity index (χ1) is 11.3. The Morgan fingerprint density at radius 3 is 2.54 bits per heavy atom. The molecule has 2 N–H and O–H groups in total. The first-order valence-electron chi connectivity index (χ1n) is 9.59. The summed E-state index contributed by atoms with van der Waals surface area (Å²) in [6.45, 7) is 6.60. The SMILES string of the molecule is C/C=C1\C(=O)CC2C3CC=C4[C@@H](O)[C@@H](O)CC[C@]4(C)C3CC[C@]12C. The van der Waals surface area contributed by atoms with Crippen molar-refractivity contribution in [1.29, 1.82) is 0 Å². The molecule has 0 aliphatic heterocycles.